The number of hydrogen-bond acceptors (Lipinski definition) is 4. The summed E-state index contributed by atoms with van der Waals surface area (Å²) in [6, 6.07) is 0. The number of nitrogens with zero attached hydrogens (tertiary/aromatic N) is 3. The molecule has 0 aliphatic carbocycles. The van der Waals surface area contributed by atoms with E-state index in [2.05, 4.69) is 15.9 Å². The van der Waals surface area contributed by atoms with Crippen LogP contribution in [0.1, 0.15) is 6.42 Å². The number of anilines is 2. The first-order chi connectivity index (χ1) is 8.02. The van der Waals surface area contributed by atoms with E-state index >= 15 is 0 Å². The van der Waals surface area contributed by atoms with Crippen molar-refractivity contribution in [3.8, 4) is 12.3 Å². The van der Waals surface area contributed by atoms with Crippen LogP contribution in [0, 0.1) is 18.3 Å². The van der Waals surface area contributed by atoms with E-state index in [1.54, 1.807) is 0 Å². The van der Waals surface area contributed by atoms with Gasteiger partial charge in [0.2, 0.25) is 11.9 Å². The van der Waals surface area contributed by atoms with Crippen molar-refractivity contribution in [3.63, 3.8) is 0 Å². The molecule has 5 nitrogen and oxygen atoms in total. The Bertz CT molecular complexity index is 503. The third-order valence-corrected chi connectivity index (χ3v) is 3.02. The summed E-state index contributed by atoms with van der Waals surface area (Å²) in [6.07, 6.45) is 5.56. The number of halogens is 2. The van der Waals surface area contributed by atoms with Gasteiger partial charge >= 0.3 is 0 Å². The van der Waals surface area contributed by atoms with Crippen LogP contribution in [-0.2, 0) is 4.79 Å². The number of amides is 1. The van der Waals surface area contributed by atoms with Crippen LogP contribution in [-0.4, -0.2) is 22.4 Å². The highest BCUT2D eigenvalue weighted by Gasteiger charge is 2.31. The lowest BCUT2D eigenvalue weighted by Crippen LogP contribution is -2.26. The van der Waals surface area contributed by atoms with Gasteiger partial charge in [-0.1, -0.05) is 23.2 Å². The molecule has 0 aromatic carbocycles. The maximum absolute atomic E-state index is 11.7. The molecule has 2 N–H and O–H groups in total. The quantitative estimate of drug-likeness (QED) is 0.618. The van der Waals surface area contributed by atoms with E-state index in [1.807, 2.05) is 0 Å². The molecule has 1 amide bonds. The van der Waals surface area contributed by atoms with E-state index < -0.39 is 0 Å². The average molecular weight is 271 g/mol. The lowest BCUT2D eigenvalue weighted by atomic mass is 10.1. The summed E-state index contributed by atoms with van der Waals surface area (Å²) < 4.78 is 0. The lowest BCUT2D eigenvalue weighted by Gasteiger charge is -2.14. The van der Waals surface area contributed by atoms with Crippen LogP contribution in [0.2, 0.25) is 10.3 Å². The Morgan fingerprint density at radius 1 is 1.41 bits per heavy atom. The van der Waals surface area contributed by atoms with Crippen molar-refractivity contribution >= 4 is 40.7 Å². The molecule has 88 valence electrons. The Morgan fingerprint density at radius 3 is 2.47 bits per heavy atom. The minimum atomic E-state index is -0.148. The van der Waals surface area contributed by atoms with E-state index in [4.69, 9.17) is 35.4 Å². The molecule has 1 aliphatic rings. The molecule has 1 fully saturated rings. The van der Waals surface area contributed by atoms with Gasteiger partial charge in [0.15, 0.2) is 10.3 Å². The maximum Gasteiger partial charge on any atom is 0.235 e. The fourth-order valence-corrected chi connectivity index (χ4v) is 1.92. The Labute approximate surface area is 108 Å². The van der Waals surface area contributed by atoms with Crippen molar-refractivity contribution in [1.29, 1.82) is 0 Å². The molecule has 7 heteroatoms. The highest BCUT2D eigenvalue weighted by molar-refractivity contribution is 6.37. The van der Waals surface area contributed by atoms with Crippen molar-refractivity contribution < 1.29 is 4.79 Å². The van der Waals surface area contributed by atoms with Gasteiger partial charge in [-0.15, -0.1) is 12.3 Å². The van der Waals surface area contributed by atoms with Gasteiger partial charge < -0.3 is 5.73 Å². The molecule has 0 radical (unpaired) electrons. The molecule has 1 atom stereocenters. The smallest absolute Gasteiger partial charge is 0.235 e. The summed E-state index contributed by atoms with van der Waals surface area (Å²) in [5, 5.41) is 0.0499. The minimum Gasteiger partial charge on any atom is -0.394 e. The maximum atomic E-state index is 11.7. The number of hydrogen-bond donors (Lipinski definition) is 1. The van der Waals surface area contributed by atoms with E-state index in [1.165, 1.54) is 4.90 Å². The van der Waals surface area contributed by atoms with Crippen molar-refractivity contribution in [2.75, 3.05) is 17.2 Å². The molecule has 17 heavy (non-hydrogen) atoms. The Kier molecular flexibility index (Phi) is 3.09. The second-order valence-electron chi connectivity index (χ2n) is 3.59. The zero-order valence-corrected chi connectivity index (χ0v) is 10.2. The SMILES string of the molecule is C#CC1CC(=O)N(c2nc(Cl)c(N)c(Cl)n2)C1. The molecule has 2 rings (SSSR count). The number of terminal acetylenes is 1. The summed E-state index contributed by atoms with van der Waals surface area (Å²) in [5.74, 6) is 2.38. The van der Waals surface area contributed by atoms with Gasteiger partial charge in [0.25, 0.3) is 0 Å². The molecule has 1 aromatic rings. The zero-order valence-electron chi connectivity index (χ0n) is 8.65. The van der Waals surface area contributed by atoms with E-state index in [0.29, 0.717) is 6.54 Å². The predicted octanol–water partition coefficient (Wildman–Crippen LogP) is 1.35. The monoisotopic (exact) mass is 270 g/mol. The molecular weight excluding hydrogens is 263 g/mol. The van der Waals surface area contributed by atoms with Gasteiger partial charge in [0, 0.05) is 18.9 Å². The molecule has 1 aromatic heterocycles. The Morgan fingerprint density at radius 2 is 2.00 bits per heavy atom. The molecule has 0 bridgehead atoms. The van der Waals surface area contributed by atoms with Crippen molar-refractivity contribution in [2.24, 2.45) is 5.92 Å². The minimum absolute atomic E-state index is 0.0250. The summed E-state index contributed by atoms with van der Waals surface area (Å²) in [6.45, 7) is 0.367. The van der Waals surface area contributed by atoms with Crippen molar-refractivity contribution in [2.45, 2.75) is 6.42 Å². The average Bonchev–Trinajstić information content (AvgIpc) is 2.67. The molecule has 1 unspecified atom stereocenters. The van der Waals surface area contributed by atoms with Crippen LogP contribution in [0.3, 0.4) is 0 Å². The number of carbonyl (C=O) groups is 1. The summed E-state index contributed by atoms with van der Waals surface area (Å²) in [7, 11) is 0. The number of aromatic nitrogens is 2. The number of rotatable bonds is 1. The van der Waals surface area contributed by atoms with E-state index in [-0.39, 0.29) is 40.2 Å². The van der Waals surface area contributed by atoms with E-state index in [9.17, 15) is 4.79 Å². The normalized spacial score (nSPS) is 19.5. The van der Waals surface area contributed by atoms with Crippen LogP contribution in [0.15, 0.2) is 0 Å². The van der Waals surface area contributed by atoms with Gasteiger partial charge in [0.05, 0.1) is 0 Å². The molecule has 1 saturated heterocycles. The first-order valence-corrected chi connectivity index (χ1v) is 5.53. The molecule has 0 spiro atoms. The van der Waals surface area contributed by atoms with Crippen LogP contribution in [0.25, 0.3) is 0 Å². The van der Waals surface area contributed by atoms with Crippen LogP contribution in [0.5, 0.6) is 0 Å². The fraction of sp³-hybridized carbons (Fsp3) is 0.300. The summed E-state index contributed by atoms with van der Waals surface area (Å²) in [5.41, 5.74) is 5.61. The van der Waals surface area contributed by atoms with Crippen molar-refractivity contribution in [1.82, 2.24) is 9.97 Å². The number of nitrogens with two attached hydrogens (primary N) is 1. The number of carbonyl (C=O) groups excluding carboxylic acids is 1. The summed E-state index contributed by atoms with van der Waals surface area (Å²) in [4.78, 5) is 20.9. The molecule has 1 aliphatic heterocycles. The third-order valence-electron chi connectivity index (χ3n) is 2.44. The van der Waals surface area contributed by atoms with Crippen LogP contribution >= 0.6 is 23.2 Å². The second kappa shape index (κ2) is 4.40. The first-order valence-electron chi connectivity index (χ1n) is 4.78. The van der Waals surface area contributed by atoms with Gasteiger partial charge in [-0.2, -0.15) is 9.97 Å². The summed E-state index contributed by atoms with van der Waals surface area (Å²) >= 11 is 11.6. The molecule has 2 heterocycles. The molecule has 0 saturated carbocycles. The van der Waals surface area contributed by atoms with Gasteiger partial charge in [0.1, 0.15) is 5.69 Å². The van der Waals surface area contributed by atoms with Crippen LogP contribution in [0.4, 0.5) is 11.6 Å². The third kappa shape index (κ3) is 2.14. The van der Waals surface area contributed by atoms with Crippen molar-refractivity contribution in [3.05, 3.63) is 10.3 Å². The fourth-order valence-electron chi connectivity index (χ4n) is 1.54. The first kappa shape index (κ1) is 12.0. The van der Waals surface area contributed by atoms with Gasteiger partial charge in [-0.25, -0.2) is 0 Å². The number of nitrogen functional groups attached to an aromatic ring is 1. The standard InChI is InChI=1S/C10H8Cl2N4O/c1-2-5-3-6(17)16(4-5)10-14-8(11)7(13)9(12)15-10/h1,5H,3-4,13H2. The highest BCUT2D eigenvalue weighted by Crippen LogP contribution is 2.29. The largest absolute Gasteiger partial charge is 0.394 e. The topological polar surface area (TPSA) is 72.1 Å². The Hall–Kier alpha value is -1.51. The van der Waals surface area contributed by atoms with Gasteiger partial charge in [-0.05, 0) is 0 Å². The second-order valence-corrected chi connectivity index (χ2v) is 4.31. The van der Waals surface area contributed by atoms with Gasteiger partial charge in [-0.3, -0.25) is 9.69 Å². The Balaban J connectivity index is 2.36. The lowest BCUT2D eigenvalue weighted by molar-refractivity contribution is -0.117. The highest BCUT2D eigenvalue weighted by atomic mass is 35.5. The van der Waals surface area contributed by atoms with Crippen LogP contribution < -0.4 is 10.6 Å². The zero-order chi connectivity index (χ0) is 12.6. The molecular formula is C10H8Cl2N4O. The predicted molar refractivity (Wildman–Crippen MR) is 65.8 cm³/mol. The van der Waals surface area contributed by atoms with E-state index in [0.717, 1.165) is 0 Å².